The van der Waals surface area contributed by atoms with Crippen LogP contribution in [0.4, 0.5) is 0 Å². The third-order valence-corrected chi connectivity index (χ3v) is 4.68. The summed E-state index contributed by atoms with van der Waals surface area (Å²) < 4.78 is 7.71. The van der Waals surface area contributed by atoms with Gasteiger partial charge in [-0.2, -0.15) is 5.10 Å². The van der Waals surface area contributed by atoms with Gasteiger partial charge in [-0.25, -0.2) is 0 Å². The average Bonchev–Trinajstić information content (AvgIpc) is 2.95. The molecule has 0 radical (unpaired) electrons. The largest absolute Gasteiger partial charge is 0.373 e. The second-order valence-electron chi connectivity index (χ2n) is 7.10. The van der Waals surface area contributed by atoms with Crippen LogP contribution < -0.4 is 5.32 Å². The number of hydrogen-bond acceptors (Lipinski definition) is 5. The fraction of sp³-hybridized carbons (Fsp3) is 0.579. The van der Waals surface area contributed by atoms with Gasteiger partial charge in [-0.05, 0) is 32.9 Å². The highest BCUT2D eigenvalue weighted by molar-refractivity contribution is 5.61. The van der Waals surface area contributed by atoms with Crippen LogP contribution in [0.1, 0.15) is 26.3 Å². The molecule has 6 heteroatoms. The van der Waals surface area contributed by atoms with E-state index in [2.05, 4.69) is 47.3 Å². The lowest BCUT2D eigenvalue weighted by atomic mass is 10.1. The lowest BCUT2D eigenvalue weighted by Crippen LogP contribution is -2.51. The molecular formula is C19H29N5O. The highest BCUT2D eigenvalue weighted by Gasteiger charge is 2.25. The van der Waals surface area contributed by atoms with E-state index in [9.17, 15) is 0 Å². The van der Waals surface area contributed by atoms with Crippen LogP contribution in [0.5, 0.6) is 0 Å². The van der Waals surface area contributed by atoms with Gasteiger partial charge in [-0.15, -0.1) is 0 Å². The fourth-order valence-corrected chi connectivity index (χ4v) is 3.54. The molecule has 1 aliphatic rings. The number of pyridine rings is 1. The summed E-state index contributed by atoms with van der Waals surface area (Å²) in [6, 6.07) is 4.49. The first-order valence-electron chi connectivity index (χ1n) is 9.06. The van der Waals surface area contributed by atoms with Crippen molar-refractivity contribution in [3.05, 3.63) is 36.3 Å². The molecular weight excluding hydrogens is 314 g/mol. The Bertz CT molecular complexity index is 662. The minimum absolute atomic E-state index is 0.308. The number of aromatic nitrogens is 3. The summed E-state index contributed by atoms with van der Waals surface area (Å²) in [4.78, 5) is 6.60. The van der Waals surface area contributed by atoms with E-state index in [4.69, 9.17) is 4.74 Å². The standard InChI is InChI=1S/C19H29N5O/c1-14(24-11-15(2)25-16(3)12-24)9-21-10-18-13-23(4)22-19(18)17-5-7-20-8-6-17/h5-8,13-16,21H,9-12H2,1-4H3. The Kier molecular flexibility index (Phi) is 5.83. The molecule has 2 aromatic rings. The maximum absolute atomic E-state index is 5.83. The maximum atomic E-state index is 5.83. The van der Waals surface area contributed by atoms with Crippen LogP contribution in [0.15, 0.2) is 30.7 Å². The second-order valence-corrected chi connectivity index (χ2v) is 7.10. The van der Waals surface area contributed by atoms with E-state index in [0.717, 1.165) is 37.4 Å². The van der Waals surface area contributed by atoms with E-state index < -0.39 is 0 Å². The van der Waals surface area contributed by atoms with Crippen LogP contribution >= 0.6 is 0 Å². The molecule has 1 N–H and O–H groups in total. The third kappa shape index (κ3) is 4.66. The van der Waals surface area contributed by atoms with Crippen molar-refractivity contribution in [3.8, 4) is 11.3 Å². The predicted molar refractivity (Wildman–Crippen MR) is 99.2 cm³/mol. The first-order valence-corrected chi connectivity index (χ1v) is 9.06. The van der Waals surface area contributed by atoms with Gasteiger partial charge in [-0.1, -0.05) is 0 Å². The highest BCUT2D eigenvalue weighted by atomic mass is 16.5. The number of ether oxygens (including phenoxy) is 1. The topological polar surface area (TPSA) is 55.2 Å². The van der Waals surface area contributed by atoms with Crippen LogP contribution in [0.25, 0.3) is 11.3 Å². The highest BCUT2D eigenvalue weighted by Crippen LogP contribution is 2.21. The summed E-state index contributed by atoms with van der Waals surface area (Å²) in [5.74, 6) is 0. The zero-order chi connectivity index (χ0) is 17.8. The molecule has 3 atom stereocenters. The van der Waals surface area contributed by atoms with Gasteiger partial charge in [0.15, 0.2) is 0 Å². The molecule has 6 nitrogen and oxygen atoms in total. The number of morpholine rings is 1. The molecule has 2 aromatic heterocycles. The smallest absolute Gasteiger partial charge is 0.0969 e. The maximum Gasteiger partial charge on any atom is 0.0969 e. The van der Waals surface area contributed by atoms with Crippen molar-refractivity contribution in [1.29, 1.82) is 0 Å². The zero-order valence-corrected chi connectivity index (χ0v) is 15.6. The molecule has 0 aliphatic carbocycles. The Balaban J connectivity index is 1.57. The molecule has 25 heavy (non-hydrogen) atoms. The van der Waals surface area contributed by atoms with E-state index >= 15 is 0 Å². The van der Waals surface area contributed by atoms with Crippen LogP contribution in [0.3, 0.4) is 0 Å². The number of rotatable bonds is 6. The molecule has 0 amide bonds. The third-order valence-electron chi connectivity index (χ3n) is 4.68. The summed E-state index contributed by atoms with van der Waals surface area (Å²) in [6.07, 6.45) is 6.33. The number of aryl methyl sites for hydroxylation is 1. The van der Waals surface area contributed by atoms with Crippen LogP contribution in [-0.2, 0) is 18.3 Å². The van der Waals surface area contributed by atoms with Crippen molar-refractivity contribution in [2.24, 2.45) is 7.05 Å². The van der Waals surface area contributed by atoms with Crippen molar-refractivity contribution >= 4 is 0 Å². The van der Waals surface area contributed by atoms with Gasteiger partial charge in [0.05, 0.1) is 17.9 Å². The summed E-state index contributed by atoms with van der Waals surface area (Å²) in [7, 11) is 1.97. The van der Waals surface area contributed by atoms with Gasteiger partial charge in [0.2, 0.25) is 0 Å². The minimum Gasteiger partial charge on any atom is -0.373 e. The number of hydrogen-bond donors (Lipinski definition) is 1. The molecule has 1 saturated heterocycles. The van der Waals surface area contributed by atoms with E-state index in [1.165, 1.54) is 5.56 Å². The summed E-state index contributed by atoms with van der Waals surface area (Å²) in [5.41, 5.74) is 3.35. The van der Waals surface area contributed by atoms with E-state index in [0.29, 0.717) is 18.2 Å². The average molecular weight is 343 g/mol. The quantitative estimate of drug-likeness (QED) is 0.870. The molecule has 3 unspecified atom stereocenters. The number of nitrogens with one attached hydrogen (secondary N) is 1. The Morgan fingerprint density at radius 2 is 1.92 bits per heavy atom. The normalized spacial score (nSPS) is 22.9. The minimum atomic E-state index is 0.308. The Morgan fingerprint density at radius 1 is 1.24 bits per heavy atom. The van der Waals surface area contributed by atoms with Crippen LogP contribution in [0.2, 0.25) is 0 Å². The molecule has 1 fully saturated rings. The van der Waals surface area contributed by atoms with Crippen molar-refractivity contribution in [1.82, 2.24) is 25.0 Å². The lowest BCUT2D eigenvalue weighted by molar-refractivity contribution is -0.0781. The van der Waals surface area contributed by atoms with Gasteiger partial charge in [-0.3, -0.25) is 14.6 Å². The Morgan fingerprint density at radius 3 is 2.60 bits per heavy atom. The first-order chi connectivity index (χ1) is 12.0. The molecule has 1 aliphatic heterocycles. The fourth-order valence-electron chi connectivity index (χ4n) is 3.54. The van der Waals surface area contributed by atoms with Gasteiger partial charge >= 0.3 is 0 Å². The number of nitrogens with zero attached hydrogens (tertiary/aromatic N) is 4. The SMILES string of the molecule is CC1CN(C(C)CNCc2cn(C)nc2-c2ccncc2)CC(C)O1. The Labute approximate surface area is 150 Å². The molecule has 136 valence electrons. The van der Waals surface area contributed by atoms with Crippen molar-refractivity contribution in [2.75, 3.05) is 19.6 Å². The van der Waals surface area contributed by atoms with Crippen LogP contribution in [-0.4, -0.2) is 57.5 Å². The first kappa shape index (κ1) is 18.0. The van der Waals surface area contributed by atoms with E-state index in [-0.39, 0.29) is 0 Å². The lowest BCUT2D eigenvalue weighted by Gasteiger charge is -2.39. The monoisotopic (exact) mass is 343 g/mol. The molecule has 0 aromatic carbocycles. The van der Waals surface area contributed by atoms with Crippen molar-refractivity contribution in [2.45, 2.75) is 45.6 Å². The van der Waals surface area contributed by atoms with Crippen molar-refractivity contribution < 1.29 is 4.74 Å². The molecule has 0 bridgehead atoms. The van der Waals surface area contributed by atoms with Gasteiger partial charge in [0.1, 0.15) is 0 Å². The Hall–Kier alpha value is -1.76. The van der Waals surface area contributed by atoms with Crippen molar-refractivity contribution in [3.63, 3.8) is 0 Å². The molecule has 3 heterocycles. The summed E-state index contributed by atoms with van der Waals surface area (Å²) in [5, 5.41) is 8.21. The second kappa shape index (κ2) is 8.08. The van der Waals surface area contributed by atoms with E-state index in [1.54, 1.807) is 0 Å². The summed E-state index contributed by atoms with van der Waals surface area (Å²) in [6.45, 7) is 10.4. The van der Waals surface area contributed by atoms with Gasteiger partial charge in [0, 0.05) is 69.0 Å². The van der Waals surface area contributed by atoms with Gasteiger partial charge < -0.3 is 10.1 Å². The van der Waals surface area contributed by atoms with Crippen LogP contribution in [0, 0.1) is 0 Å². The predicted octanol–water partition coefficient (Wildman–Crippen LogP) is 2.07. The van der Waals surface area contributed by atoms with Gasteiger partial charge in [0.25, 0.3) is 0 Å². The summed E-state index contributed by atoms with van der Waals surface area (Å²) >= 11 is 0. The zero-order valence-electron chi connectivity index (χ0n) is 15.6. The van der Waals surface area contributed by atoms with E-state index in [1.807, 2.05) is 36.3 Å². The molecule has 3 rings (SSSR count). The molecule has 0 spiro atoms. The molecule has 0 saturated carbocycles.